The van der Waals surface area contributed by atoms with Gasteiger partial charge in [-0.15, -0.1) is 0 Å². The number of hydrogen-bond donors (Lipinski definition) is 2. The monoisotopic (exact) mass is 216 g/mol. The van der Waals surface area contributed by atoms with Crippen LogP contribution in [0.2, 0.25) is 0 Å². The standard InChI is InChI=1S/C11H8N2O3/c14-6-8-5-13-11-9(8)3-7(4-12-11)1-2-10(15)16/h1-6H,(H,12,13)(H,15,16). The SMILES string of the molecule is O=Cc1c[nH]c2ncc(C=CC(=O)O)cc12. The average molecular weight is 216 g/mol. The van der Waals surface area contributed by atoms with E-state index >= 15 is 0 Å². The van der Waals surface area contributed by atoms with Crippen molar-refractivity contribution in [3.63, 3.8) is 0 Å². The highest BCUT2D eigenvalue weighted by atomic mass is 16.4. The molecule has 16 heavy (non-hydrogen) atoms. The molecule has 5 heteroatoms. The second-order valence-corrected chi connectivity index (χ2v) is 3.20. The van der Waals surface area contributed by atoms with Crippen LogP contribution >= 0.6 is 0 Å². The van der Waals surface area contributed by atoms with E-state index in [1.807, 2.05) is 0 Å². The number of carbonyl (C=O) groups is 2. The molecule has 0 saturated carbocycles. The zero-order valence-electron chi connectivity index (χ0n) is 8.18. The smallest absolute Gasteiger partial charge is 0.328 e. The number of aromatic nitrogens is 2. The van der Waals surface area contributed by atoms with Crippen LogP contribution in [0.3, 0.4) is 0 Å². The number of H-pyrrole nitrogens is 1. The normalized spacial score (nSPS) is 11.0. The van der Waals surface area contributed by atoms with E-state index in [2.05, 4.69) is 9.97 Å². The molecule has 0 spiro atoms. The summed E-state index contributed by atoms with van der Waals surface area (Å²) < 4.78 is 0. The summed E-state index contributed by atoms with van der Waals surface area (Å²) in [6.07, 6.45) is 6.28. The lowest BCUT2D eigenvalue weighted by molar-refractivity contribution is -0.131. The molecule has 2 N–H and O–H groups in total. The number of aliphatic carboxylic acids is 1. The molecule has 0 bridgehead atoms. The van der Waals surface area contributed by atoms with Gasteiger partial charge in [0.1, 0.15) is 5.65 Å². The van der Waals surface area contributed by atoms with Gasteiger partial charge >= 0.3 is 5.97 Å². The minimum Gasteiger partial charge on any atom is -0.478 e. The summed E-state index contributed by atoms with van der Waals surface area (Å²) in [5.41, 5.74) is 1.75. The largest absolute Gasteiger partial charge is 0.478 e. The Morgan fingerprint density at radius 3 is 3.00 bits per heavy atom. The number of carbonyl (C=O) groups excluding carboxylic acids is 1. The van der Waals surface area contributed by atoms with Crippen LogP contribution in [0.15, 0.2) is 24.5 Å². The third-order valence-electron chi connectivity index (χ3n) is 2.13. The molecule has 2 aromatic rings. The van der Waals surface area contributed by atoms with Gasteiger partial charge in [0.15, 0.2) is 6.29 Å². The van der Waals surface area contributed by atoms with E-state index in [9.17, 15) is 9.59 Å². The van der Waals surface area contributed by atoms with Crippen molar-refractivity contribution in [2.45, 2.75) is 0 Å². The van der Waals surface area contributed by atoms with E-state index in [-0.39, 0.29) is 0 Å². The number of rotatable bonds is 3. The summed E-state index contributed by atoms with van der Waals surface area (Å²) in [6, 6.07) is 1.71. The summed E-state index contributed by atoms with van der Waals surface area (Å²) in [7, 11) is 0. The molecule has 0 radical (unpaired) electrons. The third-order valence-corrected chi connectivity index (χ3v) is 2.13. The van der Waals surface area contributed by atoms with E-state index < -0.39 is 5.97 Å². The number of carboxylic acid groups (broad SMARTS) is 1. The van der Waals surface area contributed by atoms with Crippen LogP contribution in [-0.2, 0) is 4.79 Å². The third kappa shape index (κ3) is 1.83. The molecule has 0 aliphatic carbocycles. The zero-order valence-corrected chi connectivity index (χ0v) is 8.18. The predicted octanol–water partition coefficient (Wildman–Crippen LogP) is 1.47. The second kappa shape index (κ2) is 3.98. The number of hydrogen-bond acceptors (Lipinski definition) is 3. The molecule has 0 aromatic carbocycles. The highest BCUT2D eigenvalue weighted by Crippen LogP contribution is 2.16. The van der Waals surface area contributed by atoms with Gasteiger partial charge in [-0.1, -0.05) is 0 Å². The van der Waals surface area contributed by atoms with Gasteiger partial charge in [-0.3, -0.25) is 4.79 Å². The fourth-order valence-electron chi connectivity index (χ4n) is 1.40. The zero-order chi connectivity index (χ0) is 11.5. The van der Waals surface area contributed by atoms with E-state index in [0.29, 0.717) is 22.2 Å². The van der Waals surface area contributed by atoms with Crippen LogP contribution in [0, 0.1) is 0 Å². The first-order chi connectivity index (χ1) is 7.70. The first kappa shape index (κ1) is 10.1. The Bertz CT molecular complexity index is 584. The van der Waals surface area contributed by atoms with Crippen LogP contribution in [0.1, 0.15) is 15.9 Å². The molecule has 2 heterocycles. The summed E-state index contributed by atoms with van der Waals surface area (Å²) in [4.78, 5) is 28.0. The molecular formula is C11H8N2O3. The fourth-order valence-corrected chi connectivity index (χ4v) is 1.40. The van der Waals surface area contributed by atoms with Crippen molar-refractivity contribution in [2.24, 2.45) is 0 Å². The van der Waals surface area contributed by atoms with Gasteiger partial charge in [0.25, 0.3) is 0 Å². The fraction of sp³-hybridized carbons (Fsp3) is 0. The number of carboxylic acids is 1. The molecule has 0 unspecified atom stereocenters. The number of fused-ring (bicyclic) bond motifs is 1. The number of aldehydes is 1. The predicted molar refractivity (Wildman–Crippen MR) is 58.2 cm³/mol. The number of nitrogens with zero attached hydrogens (tertiary/aromatic N) is 1. The van der Waals surface area contributed by atoms with Crippen molar-refractivity contribution in [1.82, 2.24) is 9.97 Å². The Kier molecular flexibility index (Phi) is 2.51. The van der Waals surface area contributed by atoms with Gasteiger partial charge < -0.3 is 10.1 Å². The average Bonchev–Trinajstić information content (AvgIpc) is 2.68. The van der Waals surface area contributed by atoms with Crippen molar-refractivity contribution in [3.8, 4) is 0 Å². The van der Waals surface area contributed by atoms with Gasteiger partial charge in [0, 0.05) is 29.4 Å². The molecule has 0 saturated heterocycles. The Hall–Kier alpha value is -2.43. The topological polar surface area (TPSA) is 83.0 Å². The Balaban J connectivity index is 2.49. The first-order valence-electron chi connectivity index (χ1n) is 4.54. The minimum absolute atomic E-state index is 0.507. The summed E-state index contributed by atoms with van der Waals surface area (Å²) in [5, 5.41) is 9.16. The molecule has 0 aliphatic rings. The van der Waals surface area contributed by atoms with E-state index in [0.717, 1.165) is 12.4 Å². The molecule has 2 rings (SSSR count). The number of pyridine rings is 1. The van der Waals surface area contributed by atoms with Crippen LogP contribution in [0.25, 0.3) is 17.1 Å². The van der Waals surface area contributed by atoms with Crippen molar-refractivity contribution < 1.29 is 14.7 Å². The van der Waals surface area contributed by atoms with Gasteiger partial charge in [-0.2, -0.15) is 0 Å². The molecule has 0 amide bonds. The van der Waals surface area contributed by atoms with Crippen LogP contribution in [0.5, 0.6) is 0 Å². The minimum atomic E-state index is -1.02. The highest BCUT2D eigenvalue weighted by molar-refractivity contribution is 5.96. The second-order valence-electron chi connectivity index (χ2n) is 3.20. The van der Waals surface area contributed by atoms with Crippen molar-refractivity contribution in [1.29, 1.82) is 0 Å². The van der Waals surface area contributed by atoms with Crippen molar-refractivity contribution >= 4 is 29.4 Å². The van der Waals surface area contributed by atoms with Gasteiger partial charge in [-0.05, 0) is 17.7 Å². The van der Waals surface area contributed by atoms with E-state index in [1.165, 1.54) is 12.3 Å². The molecule has 5 nitrogen and oxygen atoms in total. The van der Waals surface area contributed by atoms with Gasteiger partial charge in [0.05, 0.1) is 0 Å². The first-order valence-corrected chi connectivity index (χ1v) is 4.54. The quantitative estimate of drug-likeness (QED) is 0.601. The van der Waals surface area contributed by atoms with Crippen LogP contribution in [-0.4, -0.2) is 27.3 Å². The maximum absolute atomic E-state index is 10.7. The van der Waals surface area contributed by atoms with E-state index in [4.69, 9.17) is 5.11 Å². The maximum Gasteiger partial charge on any atom is 0.328 e. The van der Waals surface area contributed by atoms with Crippen LogP contribution < -0.4 is 0 Å². The summed E-state index contributed by atoms with van der Waals surface area (Å²) in [6.45, 7) is 0. The summed E-state index contributed by atoms with van der Waals surface area (Å²) >= 11 is 0. The Morgan fingerprint density at radius 1 is 1.50 bits per heavy atom. The molecule has 80 valence electrons. The number of nitrogens with one attached hydrogen (secondary N) is 1. The molecule has 2 aromatic heterocycles. The highest BCUT2D eigenvalue weighted by Gasteiger charge is 2.03. The maximum atomic E-state index is 10.7. The van der Waals surface area contributed by atoms with Gasteiger partial charge in [0.2, 0.25) is 0 Å². The Morgan fingerprint density at radius 2 is 2.31 bits per heavy atom. The lowest BCUT2D eigenvalue weighted by Gasteiger charge is -1.93. The van der Waals surface area contributed by atoms with Crippen molar-refractivity contribution in [2.75, 3.05) is 0 Å². The molecule has 0 fully saturated rings. The Labute approximate surface area is 90.4 Å². The summed E-state index contributed by atoms with van der Waals surface area (Å²) in [5.74, 6) is -1.02. The molecular weight excluding hydrogens is 208 g/mol. The van der Waals surface area contributed by atoms with Crippen molar-refractivity contribution in [3.05, 3.63) is 35.7 Å². The molecule has 0 atom stereocenters. The lowest BCUT2D eigenvalue weighted by atomic mass is 10.2. The van der Waals surface area contributed by atoms with Crippen LogP contribution in [0.4, 0.5) is 0 Å². The molecule has 0 aliphatic heterocycles. The van der Waals surface area contributed by atoms with E-state index in [1.54, 1.807) is 12.3 Å². The number of aromatic amines is 1. The lowest BCUT2D eigenvalue weighted by Crippen LogP contribution is -1.86. The van der Waals surface area contributed by atoms with Gasteiger partial charge in [-0.25, -0.2) is 9.78 Å².